The van der Waals surface area contributed by atoms with Crippen molar-refractivity contribution in [3.63, 3.8) is 0 Å². The Morgan fingerprint density at radius 3 is 2.94 bits per heavy atom. The SMILES string of the molecule is CC(C)[C@H]1CC(=O)N(Cc2cccnc2)C1. The number of carbonyl (C=O) groups is 1. The number of pyridine rings is 1. The van der Waals surface area contributed by atoms with Crippen molar-refractivity contribution in [1.82, 2.24) is 9.88 Å². The standard InChI is InChI=1S/C13H18N2O/c1-10(2)12-6-13(16)15(9-12)8-11-4-3-5-14-7-11/h3-5,7,10,12H,6,8-9H2,1-2H3/t12-/m0/s1. The van der Waals surface area contributed by atoms with E-state index < -0.39 is 0 Å². The average molecular weight is 218 g/mol. The lowest BCUT2D eigenvalue weighted by Crippen LogP contribution is -2.25. The molecule has 0 radical (unpaired) electrons. The summed E-state index contributed by atoms with van der Waals surface area (Å²) < 4.78 is 0. The topological polar surface area (TPSA) is 33.2 Å². The Bertz CT molecular complexity index is 361. The van der Waals surface area contributed by atoms with Gasteiger partial charge < -0.3 is 4.90 Å². The molecule has 1 atom stereocenters. The van der Waals surface area contributed by atoms with Gasteiger partial charge in [-0.1, -0.05) is 19.9 Å². The molecule has 16 heavy (non-hydrogen) atoms. The molecule has 1 aliphatic heterocycles. The van der Waals surface area contributed by atoms with Gasteiger partial charge in [0.25, 0.3) is 0 Å². The van der Waals surface area contributed by atoms with Crippen LogP contribution in [0.25, 0.3) is 0 Å². The summed E-state index contributed by atoms with van der Waals surface area (Å²) in [5, 5.41) is 0. The first-order chi connectivity index (χ1) is 7.66. The smallest absolute Gasteiger partial charge is 0.223 e. The van der Waals surface area contributed by atoms with E-state index in [1.807, 2.05) is 23.2 Å². The van der Waals surface area contributed by atoms with E-state index in [-0.39, 0.29) is 5.91 Å². The molecule has 0 aliphatic carbocycles. The van der Waals surface area contributed by atoms with Gasteiger partial charge >= 0.3 is 0 Å². The fourth-order valence-electron chi connectivity index (χ4n) is 2.11. The van der Waals surface area contributed by atoms with Crippen LogP contribution < -0.4 is 0 Å². The van der Waals surface area contributed by atoms with E-state index in [9.17, 15) is 4.79 Å². The second-order valence-electron chi connectivity index (χ2n) is 4.84. The Morgan fingerprint density at radius 1 is 1.56 bits per heavy atom. The van der Waals surface area contributed by atoms with Crippen molar-refractivity contribution < 1.29 is 4.79 Å². The summed E-state index contributed by atoms with van der Waals surface area (Å²) in [5.74, 6) is 1.38. The zero-order valence-electron chi connectivity index (χ0n) is 9.89. The largest absolute Gasteiger partial charge is 0.338 e. The molecule has 0 saturated carbocycles. The molecule has 1 aliphatic rings. The van der Waals surface area contributed by atoms with E-state index in [0.29, 0.717) is 24.8 Å². The van der Waals surface area contributed by atoms with E-state index in [4.69, 9.17) is 0 Å². The third kappa shape index (κ3) is 2.40. The Labute approximate surface area is 96.5 Å². The number of hydrogen-bond acceptors (Lipinski definition) is 2. The van der Waals surface area contributed by atoms with Crippen molar-refractivity contribution in [2.24, 2.45) is 11.8 Å². The number of nitrogens with zero attached hydrogens (tertiary/aromatic N) is 2. The second kappa shape index (κ2) is 4.64. The van der Waals surface area contributed by atoms with Gasteiger partial charge in [-0.3, -0.25) is 9.78 Å². The molecule has 1 saturated heterocycles. The van der Waals surface area contributed by atoms with Crippen molar-refractivity contribution in [1.29, 1.82) is 0 Å². The zero-order chi connectivity index (χ0) is 11.5. The molecule has 0 spiro atoms. The number of rotatable bonds is 3. The van der Waals surface area contributed by atoms with Crippen LogP contribution in [0.4, 0.5) is 0 Å². The third-order valence-electron chi connectivity index (χ3n) is 3.28. The third-order valence-corrected chi connectivity index (χ3v) is 3.28. The van der Waals surface area contributed by atoms with Gasteiger partial charge in [0.2, 0.25) is 5.91 Å². The zero-order valence-corrected chi connectivity index (χ0v) is 9.89. The summed E-state index contributed by atoms with van der Waals surface area (Å²) in [6.07, 6.45) is 4.29. The molecular formula is C13H18N2O. The lowest BCUT2D eigenvalue weighted by Gasteiger charge is -2.17. The van der Waals surface area contributed by atoms with Gasteiger partial charge in [0.15, 0.2) is 0 Å². The maximum absolute atomic E-state index is 11.8. The van der Waals surface area contributed by atoms with Crippen LogP contribution in [-0.4, -0.2) is 22.3 Å². The summed E-state index contributed by atoms with van der Waals surface area (Å²) in [6, 6.07) is 3.93. The molecule has 3 heteroatoms. The Hall–Kier alpha value is -1.38. The van der Waals surface area contributed by atoms with Crippen LogP contribution in [0.1, 0.15) is 25.8 Å². The first kappa shape index (κ1) is 11.1. The van der Waals surface area contributed by atoms with Crippen LogP contribution in [0.2, 0.25) is 0 Å². The minimum Gasteiger partial charge on any atom is -0.338 e. The van der Waals surface area contributed by atoms with Gasteiger partial charge in [-0.15, -0.1) is 0 Å². The molecule has 2 heterocycles. The van der Waals surface area contributed by atoms with Crippen LogP contribution in [0, 0.1) is 11.8 Å². The molecule has 3 nitrogen and oxygen atoms in total. The fourth-order valence-corrected chi connectivity index (χ4v) is 2.11. The molecule has 1 aromatic heterocycles. The summed E-state index contributed by atoms with van der Waals surface area (Å²) in [6.45, 7) is 5.97. The average Bonchev–Trinajstić information content (AvgIpc) is 2.62. The van der Waals surface area contributed by atoms with Crippen molar-refractivity contribution in [2.45, 2.75) is 26.8 Å². The highest BCUT2D eigenvalue weighted by molar-refractivity contribution is 5.78. The van der Waals surface area contributed by atoms with Crippen LogP contribution >= 0.6 is 0 Å². The molecule has 2 rings (SSSR count). The Morgan fingerprint density at radius 2 is 2.38 bits per heavy atom. The Balaban J connectivity index is 1.99. The first-order valence-electron chi connectivity index (χ1n) is 5.83. The molecule has 0 bridgehead atoms. The van der Waals surface area contributed by atoms with E-state index in [1.165, 1.54) is 0 Å². The lowest BCUT2D eigenvalue weighted by molar-refractivity contribution is -0.128. The van der Waals surface area contributed by atoms with Gasteiger partial charge in [0, 0.05) is 31.9 Å². The van der Waals surface area contributed by atoms with Gasteiger partial charge in [-0.25, -0.2) is 0 Å². The van der Waals surface area contributed by atoms with Gasteiger partial charge in [0.1, 0.15) is 0 Å². The predicted octanol–water partition coefficient (Wildman–Crippen LogP) is 2.09. The molecule has 0 N–H and O–H groups in total. The summed E-state index contributed by atoms with van der Waals surface area (Å²) >= 11 is 0. The van der Waals surface area contributed by atoms with Crippen LogP contribution in [-0.2, 0) is 11.3 Å². The summed E-state index contributed by atoms with van der Waals surface area (Å²) in [4.78, 5) is 17.8. The van der Waals surface area contributed by atoms with Gasteiger partial charge in [0.05, 0.1) is 0 Å². The van der Waals surface area contributed by atoms with Crippen LogP contribution in [0.15, 0.2) is 24.5 Å². The van der Waals surface area contributed by atoms with Gasteiger partial charge in [-0.05, 0) is 23.5 Å². The minimum atomic E-state index is 0.280. The number of aromatic nitrogens is 1. The summed E-state index contributed by atoms with van der Waals surface area (Å²) in [7, 11) is 0. The normalized spacial score (nSPS) is 20.8. The van der Waals surface area contributed by atoms with E-state index in [2.05, 4.69) is 18.8 Å². The predicted molar refractivity (Wildman–Crippen MR) is 62.6 cm³/mol. The molecule has 1 fully saturated rings. The highest BCUT2D eigenvalue weighted by Crippen LogP contribution is 2.25. The quantitative estimate of drug-likeness (QED) is 0.778. The molecule has 1 aromatic rings. The van der Waals surface area contributed by atoms with E-state index in [1.54, 1.807) is 6.20 Å². The van der Waals surface area contributed by atoms with E-state index in [0.717, 1.165) is 12.1 Å². The number of carbonyl (C=O) groups excluding carboxylic acids is 1. The lowest BCUT2D eigenvalue weighted by atomic mass is 9.95. The number of likely N-dealkylation sites (tertiary alicyclic amines) is 1. The fraction of sp³-hybridized carbons (Fsp3) is 0.538. The van der Waals surface area contributed by atoms with Crippen molar-refractivity contribution in [3.8, 4) is 0 Å². The molecule has 0 unspecified atom stereocenters. The van der Waals surface area contributed by atoms with Crippen LogP contribution in [0.3, 0.4) is 0 Å². The minimum absolute atomic E-state index is 0.280. The maximum atomic E-state index is 11.8. The van der Waals surface area contributed by atoms with Crippen molar-refractivity contribution >= 4 is 5.91 Å². The molecule has 1 amide bonds. The monoisotopic (exact) mass is 218 g/mol. The maximum Gasteiger partial charge on any atom is 0.223 e. The second-order valence-corrected chi connectivity index (χ2v) is 4.84. The number of amides is 1. The Kier molecular flexibility index (Phi) is 3.22. The molecular weight excluding hydrogens is 200 g/mol. The molecule has 0 aromatic carbocycles. The highest BCUT2D eigenvalue weighted by atomic mass is 16.2. The number of hydrogen-bond donors (Lipinski definition) is 0. The molecule has 86 valence electrons. The van der Waals surface area contributed by atoms with Crippen LogP contribution in [0.5, 0.6) is 0 Å². The van der Waals surface area contributed by atoms with Crippen molar-refractivity contribution in [3.05, 3.63) is 30.1 Å². The van der Waals surface area contributed by atoms with Crippen molar-refractivity contribution in [2.75, 3.05) is 6.54 Å². The highest BCUT2D eigenvalue weighted by Gasteiger charge is 2.31. The summed E-state index contributed by atoms with van der Waals surface area (Å²) in [5.41, 5.74) is 1.11. The van der Waals surface area contributed by atoms with Gasteiger partial charge in [-0.2, -0.15) is 0 Å². The van der Waals surface area contributed by atoms with E-state index >= 15 is 0 Å². The first-order valence-corrected chi connectivity index (χ1v) is 5.83.